The molecule has 2 N–H and O–H groups in total. The summed E-state index contributed by atoms with van der Waals surface area (Å²) in [5, 5.41) is 0. The second kappa shape index (κ2) is 6.08. The molecule has 0 atom stereocenters. The van der Waals surface area contributed by atoms with Crippen LogP contribution in [-0.2, 0) is 4.79 Å². The molecule has 0 aliphatic heterocycles. The van der Waals surface area contributed by atoms with E-state index in [2.05, 4.69) is 11.9 Å². The van der Waals surface area contributed by atoms with Gasteiger partial charge < -0.3 is 15.5 Å². The van der Waals surface area contributed by atoms with Gasteiger partial charge in [-0.3, -0.25) is 4.79 Å². The fourth-order valence-corrected chi connectivity index (χ4v) is 1.46. The fraction of sp³-hybridized carbons (Fsp3) is 0.500. The predicted octanol–water partition coefficient (Wildman–Crippen LogP) is 0.968. The molecule has 1 heterocycles. The van der Waals surface area contributed by atoms with Crippen molar-refractivity contribution in [2.24, 2.45) is 0 Å². The lowest BCUT2D eigenvalue weighted by molar-refractivity contribution is -0.127. The van der Waals surface area contributed by atoms with Gasteiger partial charge in [0.1, 0.15) is 5.82 Å². The lowest BCUT2D eigenvalue weighted by Gasteiger charge is -2.24. The average molecular weight is 236 g/mol. The highest BCUT2D eigenvalue weighted by atomic mass is 16.2. The van der Waals surface area contributed by atoms with E-state index >= 15 is 0 Å². The summed E-state index contributed by atoms with van der Waals surface area (Å²) in [4.78, 5) is 19.4. The van der Waals surface area contributed by atoms with Gasteiger partial charge in [-0.15, -0.1) is 0 Å². The summed E-state index contributed by atoms with van der Waals surface area (Å²) in [5.74, 6) is 0.569. The minimum absolute atomic E-state index is 0.0790. The van der Waals surface area contributed by atoms with Crippen LogP contribution in [0.3, 0.4) is 0 Å². The third-order valence-electron chi connectivity index (χ3n) is 2.45. The Labute approximate surface area is 102 Å². The fourth-order valence-electron chi connectivity index (χ4n) is 1.46. The standard InChI is InChI=1S/C12H20N4O/c1-4-7-16(9-12(17)15(2)3)10-5-6-11(13)14-8-10/h5-6,8H,4,7,9H2,1-3H3,(H2,13,14). The maximum absolute atomic E-state index is 11.7. The number of nitrogens with zero attached hydrogens (tertiary/aromatic N) is 3. The molecule has 0 aliphatic rings. The molecule has 5 heteroatoms. The minimum atomic E-state index is 0.0790. The Morgan fingerprint density at radius 3 is 2.59 bits per heavy atom. The Bertz CT molecular complexity index is 361. The second-order valence-electron chi connectivity index (χ2n) is 4.15. The minimum Gasteiger partial charge on any atom is -0.384 e. The first-order chi connectivity index (χ1) is 8.04. The summed E-state index contributed by atoms with van der Waals surface area (Å²) in [6, 6.07) is 3.64. The van der Waals surface area contributed by atoms with E-state index in [0.29, 0.717) is 12.4 Å². The third-order valence-corrected chi connectivity index (χ3v) is 2.45. The van der Waals surface area contributed by atoms with Crippen LogP contribution < -0.4 is 10.6 Å². The number of pyridine rings is 1. The Morgan fingerprint density at radius 1 is 1.41 bits per heavy atom. The lowest BCUT2D eigenvalue weighted by Crippen LogP contribution is -2.37. The highest BCUT2D eigenvalue weighted by Gasteiger charge is 2.12. The van der Waals surface area contributed by atoms with Gasteiger partial charge in [0.05, 0.1) is 18.4 Å². The molecule has 0 aromatic carbocycles. The lowest BCUT2D eigenvalue weighted by atomic mass is 10.3. The van der Waals surface area contributed by atoms with Gasteiger partial charge in [0, 0.05) is 20.6 Å². The highest BCUT2D eigenvalue weighted by Crippen LogP contribution is 2.14. The van der Waals surface area contributed by atoms with Crippen LogP contribution in [0.4, 0.5) is 11.5 Å². The average Bonchev–Trinajstić information content (AvgIpc) is 2.29. The Balaban J connectivity index is 2.78. The van der Waals surface area contributed by atoms with Crippen molar-refractivity contribution >= 4 is 17.4 Å². The van der Waals surface area contributed by atoms with Gasteiger partial charge in [-0.25, -0.2) is 4.98 Å². The number of amides is 1. The monoisotopic (exact) mass is 236 g/mol. The summed E-state index contributed by atoms with van der Waals surface area (Å²) < 4.78 is 0. The van der Waals surface area contributed by atoms with Crippen molar-refractivity contribution in [3.63, 3.8) is 0 Å². The molecule has 0 spiro atoms. The molecule has 17 heavy (non-hydrogen) atoms. The van der Waals surface area contributed by atoms with E-state index in [9.17, 15) is 4.79 Å². The smallest absolute Gasteiger partial charge is 0.241 e. The van der Waals surface area contributed by atoms with Crippen molar-refractivity contribution in [2.75, 3.05) is 37.8 Å². The van der Waals surface area contributed by atoms with Gasteiger partial charge >= 0.3 is 0 Å². The first-order valence-corrected chi connectivity index (χ1v) is 5.71. The third kappa shape index (κ3) is 3.94. The molecule has 0 saturated carbocycles. The van der Waals surface area contributed by atoms with Crippen LogP contribution in [0, 0.1) is 0 Å². The molecule has 1 aromatic heterocycles. The number of aromatic nitrogens is 1. The summed E-state index contributed by atoms with van der Waals surface area (Å²) in [6.07, 6.45) is 2.68. The number of carbonyl (C=O) groups excluding carboxylic acids is 1. The molecular formula is C12H20N4O. The zero-order valence-electron chi connectivity index (χ0n) is 10.7. The van der Waals surface area contributed by atoms with Crippen LogP contribution in [0.1, 0.15) is 13.3 Å². The molecule has 5 nitrogen and oxygen atoms in total. The normalized spacial score (nSPS) is 10.1. The number of hydrogen-bond donors (Lipinski definition) is 1. The van der Waals surface area contributed by atoms with Gasteiger partial charge in [-0.2, -0.15) is 0 Å². The Morgan fingerprint density at radius 2 is 2.12 bits per heavy atom. The number of carbonyl (C=O) groups is 1. The maximum Gasteiger partial charge on any atom is 0.241 e. The molecule has 0 bridgehead atoms. The molecule has 0 radical (unpaired) electrons. The first-order valence-electron chi connectivity index (χ1n) is 5.71. The van der Waals surface area contributed by atoms with Crippen molar-refractivity contribution in [3.8, 4) is 0 Å². The number of hydrogen-bond acceptors (Lipinski definition) is 4. The van der Waals surface area contributed by atoms with Gasteiger partial charge in [-0.1, -0.05) is 6.92 Å². The quantitative estimate of drug-likeness (QED) is 0.827. The molecule has 1 rings (SSSR count). The first kappa shape index (κ1) is 13.3. The molecule has 0 saturated heterocycles. The van der Waals surface area contributed by atoms with Crippen LogP contribution >= 0.6 is 0 Å². The van der Waals surface area contributed by atoms with Crippen LogP contribution in [0.2, 0.25) is 0 Å². The van der Waals surface area contributed by atoms with E-state index in [0.717, 1.165) is 18.7 Å². The molecule has 1 aromatic rings. The Kier molecular flexibility index (Phi) is 4.75. The number of rotatable bonds is 5. The van der Waals surface area contributed by atoms with Gasteiger partial charge in [0.2, 0.25) is 5.91 Å². The summed E-state index contributed by atoms with van der Waals surface area (Å²) in [7, 11) is 3.52. The number of nitrogen functional groups attached to an aromatic ring is 1. The van der Waals surface area contributed by atoms with Crippen LogP contribution in [0.25, 0.3) is 0 Å². The van der Waals surface area contributed by atoms with Gasteiger partial charge in [-0.05, 0) is 18.6 Å². The molecule has 0 unspecified atom stereocenters. The van der Waals surface area contributed by atoms with Gasteiger partial charge in [0.25, 0.3) is 0 Å². The van der Waals surface area contributed by atoms with Crippen LogP contribution in [0.5, 0.6) is 0 Å². The maximum atomic E-state index is 11.7. The summed E-state index contributed by atoms with van der Waals surface area (Å²) in [5.41, 5.74) is 6.47. The van der Waals surface area contributed by atoms with Crippen LogP contribution in [-0.4, -0.2) is 43.0 Å². The summed E-state index contributed by atoms with van der Waals surface area (Å²) >= 11 is 0. The molecule has 0 fully saturated rings. The highest BCUT2D eigenvalue weighted by molar-refractivity contribution is 5.81. The largest absolute Gasteiger partial charge is 0.384 e. The van der Waals surface area contributed by atoms with E-state index in [-0.39, 0.29) is 5.91 Å². The zero-order valence-corrected chi connectivity index (χ0v) is 10.7. The van der Waals surface area contributed by atoms with E-state index in [1.54, 1.807) is 31.3 Å². The molecular weight excluding hydrogens is 216 g/mol. The Hall–Kier alpha value is -1.78. The number of anilines is 2. The molecule has 0 aliphatic carbocycles. The topological polar surface area (TPSA) is 62.5 Å². The van der Waals surface area contributed by atoms with Crippen molar-refractivity contribution in [2.45, 2.75) is 13.3 Å². The number of likely N-dealkylation sites (N-methyl/N-ethyl adjacent to an activating group) is 1. The van der Waals surface area contributed by atoms with E-state index in [1.165, 1.54) is 0 Å². The SMILES string of the molecule is CCCN(CC(=O)N(C)C)c1ccc(N)nc1. The zero-order chi connectivity index (χ0) is 12.8. The van der Waals surface area contributed by atoms with Crippen molar-refractivity contribution < 1.29 is 4.79 Å². The second-order valence-corrected chi connectivity index (χ2v) is 4.15. The van der Waals surface area contributed by atoms with E-state index in [1.807, 2.05) is 11.0 Å². The van der Waals surface area contributed by atoms with Crippen molar-refractivity contribution in [1.82, 2.24) is 9.88 Å². The molecule has 94 valence electrons. The van der Waals surface area contributed by atoms with Crippen molar-refractivity contribution in [3.05, 3.63) is 18.3 Å². The van der Waals surface area contributed by atoms with E-state index < -0.39 is 0 Å². The predicted molar refractivity (Wildman–Crippen MR) is 69.8 cm³/mol. The summed E-state index contributed by atoms with van der Waals surface area (Å²) in [6.45, 7) is 3.27. The van der Waals surface area contributed by atoms with Gasteiger partial charge in [0.15, 0.2) is 0 Å². The van der Waals surface area contributed by atoms with Crippen molar-refractivity contribution in [1.29, 1.82) is 0 Å². The van der Waals surface area contributed by atoms with Crippen LogP contribution in [0.15, 0.2) is 18.3 Å². The van der Waals surface area contributed by atoms with E-state index in [4.69, 9.17) is 5.73 Å². The molecule has 1 amide bonds. The number of nitrogens with two attached hydrogens (primary N) is 1.